The maximum atomic E-state index is 13.4. The number of anilines is 1. The molecule has 4 rings (SSSR count). The number of carbonyl (C=O) groups is 1. The van der Waals surface area contributed by atoms with Crippen LogP contribution in [0.25, 0.3) is 17.0 Å². The van der Waals surface area contributed by atoms with E-state index in [2.05, 4.69) is 76.6 Å². The lowest BCUT2D eigenvalue weighted by Crippen LogP contribution is -2.24. The highest BCUT2D eigenvalue weighted by Crippen LogP contribution is 2.40. The molecule has 0 bridgehead atoms. The molecule has 0 unspecified atom stereocenters. The molecule has 2 N–H and O–H groups in total. The molecule has 1 aliphatic rings. The number of benzene rings is 1. The second-order valence-corrected chi connectivity index (χ2v) is 17.0. The molecule has 2 heterocycles. The Kier molecular flexibility index (Phi) is 7.70. The van der Waals surface area contributed by atoms with Gasteiger partial charge in [0.2, 0.25) is 11.6 Å². The number of carbonyl (C=O) groups excluding carboxylic acids is 1. The van der Waals surface area contributed by atoms with Crippen LogP contribution in [0.15, 0.2) is 30.5 Å². The van der Waals surface area contributed by atoms with E-state index >= 15 is 0 Å². The Bertz CT molecular complexity index is 1330. The molecule has 37 heavy (non-hydrogen) atoms. The number of aromatic nitrogens is 6. The van der Waals surface area contributed by atoms with Crippen molar-refractivity contribution in [3.05, 3.63) is 47.6 Å². The number of ether oxygens (including phenoxy) is 1. The molecule has 1 amide bonds. The normalized spacial score (nSPS) is 15.2. The van der Waals surface area contributed by atoms with Crippen LogP contribution in [0.3, 0.4) is 0 Å². The SMILES string of the molecule is CC1(C)CC=C(c2cc(-c3nn[nH]n3)ccc2NC(=O)c2ncc(C#N)n2COCC[Si](C)(C)C)CC1. The van der Waals surface area contributed by atoms with Crippen molar-refractivity contribution in [1.29, 1.82) is 5.26 Å². The van der Waals surface area contributed by atoms with Gasteiger partial charge in [0.15, 0.2) is 0 Å². The van der Waals surface area contributed by atoms with Crippen molar-refractivity contribution in [3.8, 4) is 17.5 Å². The molecule has 0 spiro atoms. The molecule has 11 heteroatoms. The van der Waals surface area contributed by atoms with Gasteiger partial charge in [0.05, 0.1) is 6.20 Å². The van der Waals surface area contributed by atoms with Crippen LogP contribution in [0.5, 0.6) is 0 Å². The highest BCUT2D eigenvalue weighted by atomic mass is 28.3. The number of rotatable bonds is 9. The standard InChI is InChI=1S/C26H34N8O2Si/c1-26(2)10-8-18(9-11-26)21-14-19(23-30-32-33-31-23)6-7-22(21)29-25(35)24-28-16-20(15-27)34(24)17-36-12-13-37(3,4)5/h6-8,14,16H,9-13,17H2,1-5H3,(H,29,35)(H,30,31,32,33). The lowest BCUT2D eigenvalue weighted by Gasteiger charge is -2.29. The number of nitrogens with zero attached hydrogens (tertiary/aromatic N) is 6. The van der Waals surface area contributed by atoms with E-state index in [9.17, 15) is 10.1 Å². The first-order valence-corrected chi connectivity index (χ1v) is 16.2. The molecule has 1 aliphatic carbocycles. The Morgan fingerprint density at radius 1 is 1.32 bits per heavy atom. The fraction of sp³-hybridized carbons (Fsp3) is 0.462. The number of tetrazole rings is 1. The van der Waals surface area contributed by atoms with Gasteiger partial charge in [-0.15, -0.1) is 10.2 Å². The van der Waals surface area contributed by atoms with Crippen molar-refractivity contribution < 1.29 is 9.53 Å². The van der Waals surface area contributed by atoms with Crippen LogP contribution in [0.2, 0.25) is 25.7 Å². The highest BCUT2D eigenvalue weighted by Gasteiger charge is 2.25. The quantitative estimate of drug-likeness (QED) is 0.297. The van der Waals surface area contributed by atoms with Gasteiger partial charge in [0.25, 0.3) is 5.91 Å². The van der Waals surface area contributed by atoms with Gasteiger partial charge < -0.3 is 10.1 Å². The summed E-state index contributed by atoms with van der Waals surface area (Å²) in [5, 5.41) is 26.9. The Labute approximate surface area is 218 Å². The smallest absolute Gasteiger partial charge is 0.291 e. The van der Waals surface area contributed by atoms with Crippen molar-refractivity contribution in [3.63, 3.8) is 0 Å². The Balaban J connectivity index is 1.60. The van der Waals surface area contributed by atoms with E-state index in [-0.39, 0.29) is 23.7 Å². The van der Waals surface area contributed by atoms with E-state index in [4.69, 9.17) is 4.74 Å². The summed E-state index contributed by atoms with van der Waals surface area (Å²) in [6.07, 6.45) is 6.54. The highest BCUT2D eigenvalue weighted by molar-refractivity contribution is 6.76. The molecule has 0 radical (unpaired) electrons. The molecule has 3 aromatic rings. The number of hydrogen-bond acceptors (Lipinski definition) is 7. The second kappa shape index (κ2) is 10.8. The lowest BCUT2D eigenvalue weighted by molar-refractivity contribution is 0.0804. The summed E-state index contributed by atoms with van der Waals surface area (Å²) in [7, 11) is -1.26. The van der Waals surface area contributed by atoms with E-state index < -0.39 is 14.0 Å². The first kappa shape index (κ1) is 26.4. The summed E-state index contributed by atoms with van der Waals surface area (Å²) in [6.45, 7) is 12.0. The summed E-state index contributed by atoms with van der Waals surface area (Å²) in [4.78, 5) is 17.6. The van der Waals surface area contributed by atoms with Crippen LogP contribution in [0.4, 0.5) is 5.69 Å². The number of nitrogens with one attached hydrogen (secondary N) is 2. The van der Waals surface area contributed by atoms with Crippen LogP contribution in [-0.4, -0.2) is 50.8 Å². The Hall–Kier alpha value is -3.62. The van der Waals surface area contributed by atoms with Crippen molar-refractivity contribution in [2.75, 3.05) is 11.9 Å². The summed E-state index contributed by atoms with van der Waals surface area (Å²) in [6, 6.07) is 8.78. The Morgan fingerprint density at radius 2 is 2.14 bits per heavy atom. The van der Waals surface area contributed by atoms with E-state index in [1.165, 1.54) is 10.8 Å². The average Bonchev–Trinajstić information content (AvgIpc) is 3.52. The molecule has 0 atom stereocenters. The van der Waals surface area contributed by atoms with E-state index in [1.54, 1.807) is 0 Å². The van der Waals surface area contributed by atoms with Crippen LogP contribution in [-0.2, 0) is 11.5 Å². The third-order valence-corrected chi connectivity index (χ3v) is 8.28. The van der Waals surface area contributed by atoms with Crippen molar-refractivity contribution in [2.45, 2.75) is 65.5 Å². The minimum atomic E-state index is -1.26. The van der Waals surface area contributed by atoms with Gasteiger partial charge in [-0.1, -0.05) is 39.6 Å². The zero-order chi connectivity index (χ0) is 26.6. The largest absolute Gasteiger partial charge is 0.361 e. The van der Waals surface area contributed by atoms with E-state index in [1.807, 2.05) is 18.2 Å². The fourth-order valence-corrected chi connectivity index (χ4v) is 4.91. The van der Waals surface area contributed by atoms with E-state index in [0.717, 1.165) is 42.0 Å². The molecular formula is C26H34N8O2Si. The number of amides is 1. The summed E-state index contributed by atoms with van der Waals surface area (Å²) >= 11 is 0. The van der Waals surface area contributed by atoms with Gasteiger partial charge >= 0.3 is 0 Å². The van der Waals surface area contributed by atoms with Crippen molar-refractivity contribution >= 4 is 25.2 Å². The molecular weight excluding hydrogens is 484 g/mol. The average molecular weight is 519 g/mol. The Morgan fingerprint density at radius 3 is 2.78 bits per heavy atom. The molecule has 2 aromatic heterocycles. The number of allylic oxidation sites excluding steroid dienone is 2. The predicted octanol–water partition coefficient (Wildman–Crippen LogP) is 5.09. The monoisotopic (exact) mass is 518 g/mol. The first-order valence-electron chi connectivity index (χ1n) is 12.5. The van der Waals surface area contributed by atoms with Gasteiger partial charge in [-0.05, 0) is 59.7 Å². The van der Waals surface area contributed by atoms with Crippen LogP contribution < -0.4 is 5.32 Å². The van der Waals surface area contributed by atoms with Crippen molar-refractivity contribution in [1.82, 2.24) is 30.2 Å². The molecule has 1 aromatic carbocycles. The van der Waals surface area contributed by atoms with Gasteiger partial charge in [-0.3, -0.25) is 9.36 Å². The zero-order valence-corrected chi connectivity index (χ0v) is 23.1. The summed E-state index contributed by atoms with van der Waals surface area (Å²) in [5.74, 6) is 0.220. The summed E-state index contributed by atoms with van der Waals surface area (Å²) < 4.78 is 7.35. The molecule has 10 nitrogen and oxygen atoms in total. The van der Waals surface area contributed by atoms with E-state index in [0.29, 0.717) is 18.1 Å². The fourth-order valence-electron chi connectivity index (χ4n) is 4.15. The number of imidazole rings is 1. The van der Waals surface area contributed by atoms with Crippen LogP contribution in [0.1, 0.15) is 55.0 Å². The third-order valence-electron chi connectivity index (χ3n) is 6.58. The number of hydrogen-bond donors (Lipinski definition) is 2. The maximum absolute atomic E-state index is 13.4. The molecule has 0 saturated heterocycles. The van der Waals surface area contributed by atoms with Gasteiger partial charge in [0, 0.05) is 31.5 Å². The van der Waals surface area contributed by atoms with Crippen LogP contribution >= 0.6 is 0 Å². The molecule has 0 aliphatic heterocycles. The zero-order valence-electron chi connectivity index (χ0n) is 22.1. The number of H-pyrrole nitrogens is 1. The second-order valence-electron chi connectivity index (χ2n) is 11.4. The van der Waals surface area contributed by atoms with Gasteiger partial charge in [-0.2, -0.15) is 10.5 Å². The number of aromatic amines is 1. The maximum Gasteiger partial charge on any atom is 0.291 e. The first-order chi connectivity index (χ1) is 17.6. The van der Waals surface area contributed by atoms with Crippen molar-refractivity contribution in [2.24, 2.45) is 5.41 Å². The number of nitriles is 1. The van der Waals surface area contributed by atoms with Gasteiger partial charge in [0.1, 0.15) is 18.5 Å². The predicted molar refractivity (Wildman–Crippen MR) is 144 cm³/mol. The molecule has 0 fully saturated rings. The van der Waals surface area contributed by atoms with Crippen LogP contribution in [0, 0.1) is 16.7 Å². The third kappa shape index (κ3) is 6.58. The molecule has 194 valence electrons. The summed E-state index contributed by atoms with van der Waals surface area (Å²) in [5.41, 5.74) is 4.06. The van der Waals surface area contributed by atoms with Gasteiger partial charge in [-0.25, -0.2) is 4.98 Å². The molecule has 0 saturated carbocycles. The minimum Gasteiger partial charge on any atom is -0.361 e. The minimum absolute atomic E-state index is 0.0972. The topological polar surface area (TPSA) is 134 Å². The lowest BCUT2D eigenvalue weighted by atomic mass is 9.76.